The number of carbonyl (C=O) groups excluding carboxylic acids is 1. The second-order valence-corrected chi connectivity index (χ2v) is 4.78. The largest absolute Gasteiger partial charge is 0.356 e. The molecule has 3 nitrogen and oxygen atoms in total. The summed E-state index contributed by atoms with van der Waals surface area (Å²) >= 11 is 1.69. The molecule has 1 atom stereocenters. The summed E-state index contributed by atoms with van der Waals surface area (Å²) in [5.74, 6) is 0.217. The monoisotopic (exact) mass is 240 g/mol. The molecule has 1 heterocycles. The molecule has 0 radical (unpaired) electrons. The van der Waals surface area contributed by atoms with Crippen LogP contribution >= 0.6 is 11.3 Å². The first-order valence-electron chi connectivity index (χ1n) is 5.73. The van der Waals surface area contributed by atoms with Gasteiger partial charge in [0.25, 0.3) is 0 Å². The highest BCUT2D eigenvalue weighted by atomic mass is 32.1. The van der Waals surface area contributed by atoms with Crippen LogP contribution in [-0.2, 0) is 11.2 Å². The van der Waals surface area contributed by atoms with E-state index in [4.69, 9.17) is 5.73 Å². The van der Waals surface area contributed by atoms with Crippen molar-refractivity contribution in [2.24, 2.45) is 11.7 Å². The van der Waals surface area contributed by atoms with Crippen molar-refractivity contribution >= 4 is 17.2 Å². The van der Waals surface area contributed by atoms with Crippen LogP contribution in [0.3, 0.4) is 0 Å². The van der Waals surface area contributed by atoms with Gasteiger partial charge >= 0.3 is 0 Å². The van der Waals surface area contributed by atoms with Gasteiger partial charge in [0.2, 0.25) is 5.91 Å². The van der Waals surface area contributed by atoms with Crippen LogP contribution in [0.2, 0.25) is 0 Å². The zero-order chi connectivity index (χ0) is 11.8. The Balaban J connectivity index is 2.14. The summed E-state index contributed by atoms with van der Waals surface area (Å²) in [4.78, 5) is 11.6. The van der Waals surface area contributed by atoms with Gasteiger partial charge in [-0.1, -0.05) is 6.92 Å². The maximum atomic E-state index is 11.6. The summed E-state index contributed by atoms with van der Waals surface area (Å²) in [7, 11) is 0. The number of hydrogen-bond donors (Lipinski definition) is 2. The van der Waals surface area contributed by atoms with Gasteiger partial charge in [0.15, 0.2) is 0 Å². The Morgan fingerprint density at radius 1 is 1.62 bits per heavy atom. The molecule has 0 aromatic carbocycles. The number of amides is 1. The van der Waals surface area contributed by atoms with Crippen molar-refractivity contribution in [3.05, 3.63) is 22.4 Å². The molecule has 1 aromatic heterocycles. The van der Waals surface area contributed by atoms with Gasteiger partial charge in [-0.2, -0.15) is 11.3 Å². The van der Waals surface area contributed by atoms with Crippen molar-refractivity contribution in [1.29, 1.82) is 0 Å². The van der Waals surface area contributed by atoms with E-state index in [1.807, 2.05) is 6.92 Å². The molecule has 90 valence electrons. The van der Waals surface area contributed by atoms with E-state index in [-0.39, 0.29) is 11.8 Å². The summed E-state index contributed by atoms with van der Waals surface area (Å²) in [6.07, 6.45) is 2.71. The number of carbonyl (C=O) groups is 1. The number of thiophene rings is 1. The second-order valence-electron chi connectivity index (χ2n) is 4.00. The number of rotatable bonds is 7. The quantitative estimate of drug-likeness (QED) is 0.763. The van der Waals surface area contributed by atoms with Gasteiger partial charge in [0, 0.05) is 12.5 Å². The fraction of sp³-hybridized carbons (Fsp3) is 0.583. The van der Waals surface area contributed by atoms with Crippen LogP contribution in [0.25, 0.3) is 0 Å². The van der Waals surface area contributed by atoms with Gasteiger partial charge in [0.05, 0.1) is 0 Å². The maximum absolute atomic E-state index is 11.6. The molecule has 1 unspecified atom stereocenters. The Bertz CT molecular complexity index is 298. The van der Waals surface area contributed by atoms with Crippen LogP contribution in [0.15, 0.2) is 16.8 Å². The van der Waals surface area contributed by atoms with Gasteiger partial charge in [-0.3, -0.25) is 4.79 Å². The van der Waals surface area contributed by atoms with Crippen LogP contribution in [-0.4, -0.2) is 19.0 Å². The number of hydrogen-bond acceptors (Lipinski definition) is 3. The molecule has 1 rings (SSSR count). The van der Waals surface area contributed by atoms with E-state index >= 15 is 0 Å². The molecule has 4 heteroatoms. The average molecular weight is 240 g/mol. The smallest absolute Gasteiger partial charge is 0.222 e. The standard InChI is InChI=1S/C12H20N2OS/c1-10(3-2-6-13)12(15)14-7-4-11-5-8-16-9-11/h5,8-10H,2-4,6-7,13H2,1H3,(H,14,15). The first-order chi connectivity index (χ1) is 7.74. The number of nitrogens with one attached hydrogen (secondary N) is 1. The number of nitrogens with two attached hydrogens (primary N) is 1. The van der Waals surface area contributed by atoms with Gasteiger partial charge in [0.1, 0.15) is 0 Å². The highest BCUT2D eigenvalue weighted by molar-refractivity contribution is 7.07. The Labute approximate surface area is 101 Å². The van der Waals surface area contributed by atoms with Crippen LogP contribution < -0.4 is 11.1 Å². The Morgan fingerprint density at radius 3 is 3.06 bits per heavy atom. The molecule has 0 bridgehead atoms. The third-order valence-corrected chi connectivity index (χ3v) is 3.31. The van der Waals surface area contributed by atoms with Gasteiger partial charge in [-0.25, -0.2) is 0 Å². The third-order valence-electron chi connectivity index (χ3n) is 2.58. The molecule has 1 amide bonds. The maximum Gasteiger partial charge on any atom is 0.222 e. The zero-order valence-corrected chi connectivity index (χ0v) is 10.6. The van der Waals surface area contributed by atoms with E-state index in [2.05, 4.69) is 22.1 Å². The van der Waals surface area contributed by atoms with Crippen molar-refractivity contribution in [2.45, 2.75) is 26.2 Å². The predicted molar refractivity (Wildman–Crippen MR) is 68.5 cm³/mol. The summed E-state index contributed by atoms with van der Waals surface area (Å²) in [5, 5.41) is 7.13. The molecule has 16 heavy (non-hydrogen) atoms. The first kappa shape index (κ1) is 13.2. The van der Waals surface area contributed by atoms with E-state index in [0.717, 1.165) is 25.8 Å². The van der Waals surface area contributed by atoms with Crippen LogP contribution in [0.1, 0.15) is 25.3 Å². The highest BCUT2D eigenvalue weighted by Crippen LogP contribution is 2.07. The normalized spacial score (nSPS) is 12.4. The molecule has 3 N–H and O–H groups in total. The third kappa shape index (κ3) is 4.77. The van der Waals surface area contributed by atoms with E-state index in [9.17, 15) is 4.79 Å². The van der Waals surface area contributed by atoms with E-state index in [1.54, 1.807) is 11.3 Å². The lowest BCUT2D eigenvalue weighted by Crippen LogP contribution is -2.31. The van der Waals surface area contributed by atoms with Crippen LogP contribution in [0.5, 0.6) is 0 Å². The van der Waals surface area contributed by atoms with Crippen molar-refractivity contribution in [1.82, 2.24) is 5.32 Å². The molecule has 0 aliphatic rings. The minimum Gasteiger partial charge on any atom is -0.356 e. The highest BCUT2D eigenvalue weighted by Gasteiger charge is 2.11. The van der Waals surface area contributed by atoms with Crippen molar-refractivity contribution in [3.8, 4) is 0 Å². The molecular formula is C12H20N2OS. The van der Waals surface area contributed by atoms with Crippen LogP contribution in [0, 0.1) is 5.92 Å². The van der Waals surface area contributed by atoms with Crippen molar-refractivity contribution in [2.75, 3.05) is 13.1 Å². The lowest BCUT2D eigenvalue weighted by Gasteiger charge is -2.11. The fourth-order valence-corrected chi connectivity index (χ4v) is 2.20. The van der Waals surface area contributed by atoms with E-state index in [1.165, 1.54) is 5.56 Å². The molecule has 0 aliphatic carbocycles. The molecule has 0 spiro atoms. The van der Waals surface area contributed by atoms with E-state index in [0.29, 0.717) is 6.54 Å². The minimum atomic E-state index is 0.0750. The lowest BCUT2D eigenvalue weighted by molar-refractivity contribution is -0.124. The van der Waals surface area contributed by atoms with Crippen molar-refractivity contribution < 1.29 is 4.79 Å². The summed E-state index contributed by atoms with van der Waals surface area (Å²) in [6, 6.07) is 2.09. The van der Waals surface area contributed by atoms with E-state index < -0.39 is 0 Å². The molecule has 0 fully saturated rings. The zero-order valence-electron chi connectivity index (χ0n) is 9.74. The second kappa shape index (κ2) is 7.41. The molecule has 0 saturated carbocycles. The predicted octanol–water partition coefficient (Wildman–Crippen LogP) is 1.78. The lowest BCUT2D eigenvalue weighted by atomic mass is 10.0. The van der Waals surface area contributed by atoms with Gasteiger partial charge in [-0.15, -0.1) is 0 Å². The Hall–Kier alpha value is -0.870. The Morgan fingerprint density at radius 2 is 2.44 bits per heavy atom. The molecule has 1 aromatic rings. The summed E-state index contributed by atoms with van der Waals surface area (Å²) in [6.45, 7) is 3.34. The topological polar surface area (TPSA) is 55.1 Å². The average Bonchev–Trinajstić information content (AvgIpc) is 2.78. The molecular weight excluding hydrogens is 220 g/mol. The summed E-state index contributed by atoms with van der Waals surface area (Å²) in [5.41, 5.74) is 6.70. The van der Waals surface area contributed by atoms with Gasteiger partial charge < -0.3 is 11.1 Å². The SMILES string of the molecule is CC(CCCN)C(=O)NCCc1ccsc1. The molecule has 0 aliphatic heterocycles. The van der Waals surface area contributed by atoms with Gasteiger partial charge in [-0.05, 0) is 48.2 Å². The minimum absolute atomic E-state index is 0.0750. The van der Waals surface area contributed by atoms with Crippen molar-refractivity contribution in [3.63, 3.8) is 0 Å². The summed E-state index contributed by atoms with van der Waals surface area (Å²) < 4.78 is 0. The first-order valence-corrected chi connectivity index (χ1v) is 6.67. The molecule has 0 saturated heterocycles. The van der Waals surface area contributed by atoms with Crippen LogP contribution in [0.4, 0.5) is 0 Å². The fourth-order valence-electron chi connectivity index (χ4n) is 1.49. The Kier molecular flexibility index (Phi) is 6.11.